The van der Waals surface area contributed by atoms with E-state index in [1.54, 1.807) is 25.1 Å². The van der Waals surface area contributed by atoms with E-state index in [0.29, 0.717) is 19.6 Å². The summed E-state index contributed by atoms with van der Waals surface area (Å²) in [4.78, 5) is 60.0. The first-order valence-corrected chi connectivity index (χ1v) is 14.0. The van der Waals surface area contributed by atoms with Crippen molar-refractivity contribution in [1.82, 2.24) is 0 Å². The summed E-state index contributed by atoms with van der Waals surface area (Å²) in [6.45, 7) is 5.71. The van der Waals surface area contributed by atoms with Crippen LogP contribution < -0.4 is 4.74 Å². The number of hydrogen-bond acceptors (Lipinski definition) is 13. The molecule has 1 aromatic carbocycles. The third-order valence-electron chi connectivity index (χ3n) is 5.56. The molecule has 0 radical (unpaired) electrons. The van der Waals surface area contributed by atoms with Crippen LogP contribution in [0.3, 0.4) is 0 Å². The van der Waals surface area contributed by atoms with Gasteiger partial charge in [-0.2, -0.15) is 0 Å². The predicted octanol–water partition coefficient (Wildman–Crippen LogP) is 1.03. The number of ether oxygens (including phenoxy) is 7. The third kappa shape index (κ3) is 7.60. The van der Waals surface area contributed by atoms with Gasteiger partial charge < -0.3 is 0 Å². The Labute approximate surface area is 235 Å². The van der Waals surface area contributed by atoms with Crippen LogP contribution in [0.25, 0.3) is 9.65 Å². The third-order valence-corrected chi connectivity index (χ3v) is 8.06. The Hall–Kier alpha value is -3.45. The van der Waals surface area contributed by atoms with Crippen LogP contribution in [-0.4, -0.2) is 93.4 Å². The summed E-state index contributed by atoms with van der Waals surface area (Å²) in [5, 5.41) is 10.3. The van der Waals surface area contributed by atoms with Crippen LogP contribution in [0, 0.1) is 0 Å². The van der Waals surface area contributed by atoms with Crippen molar-refractivity contribution < 1.29 is 62.2 Å². The molecular formula is C26H30O13Se. The van der Waals surface area contributed by atoms with Gasteiger partial charge in [0, 0.05) is 0 Å². The molecule has 1 aliphatic rings. The van der Waals surface area contributed by atoms with Gasteiger partial charge in [0.2, 0.25) is 0 Å². The molecule has 0 unspecified atom stereocenters. The maximum absolute atomic E-state index is 12.4. The molecule has 14 heteroatoms. The fourth-order valence-corrected chi connectivity index (χ4v) is 6.34. The standard InChI is InChI=1S/C26H30O13Se/c1-6-33-25(32)20-9-17-18(8-7-16(10-27)24(17)40-20)38-26-23(37-15(5)31)22(36-14(4)30)21(35-13(3)29)19(39-26)11-34-12(2)28/h7-9,19,21-23,26-27H,6,10-11H2,1-5H3/t19-,21+,22+,23-,26-/m1/s1. The molecule has 5 atom stereocenters. The van der Waals surface area contributed by atoms with Crippen molar-refractivity contribution in [2.75, 3.05) is 13.2 Å². The monoisotopic (exact) mass is 630 g/mol. The van der Waals surface area contributed by atoms with Gasteiger partial charge in [-0.3, -0.25) is 0 Å². The first-order chi connectivity index (χ1) is 18.9. The summed E-state index contributed by atoms with van der Waals surface area (Å²) in [6, 6.07) is 4.75. The Morgan fingerprint density at radius 2 is 1.50 bits per heavy atom. The molecule has 40 heavy (non-hydrogen) atoms. The average Bonchev–Trinajstić information content (AvgIpc) is 3.32. The zero-order valence-corrected chi connectivity index (χ0v) is 24.2. The molecule has 0 bridgehead atoms. The van der Waals surface area contributed by atoms with Crippen LogP contribution in [-0.2, 0) is 54.2 Å². The molecule has 13 nitrogen and oxygen atoms in total. The fourth-order valence-electron chi connectivity index (χ4n) is 4.09. The zero-order chi connectivity index (χ0) is 29.6. The quantitative estimate of drug-likeness (QED) is 0.225. The van der Waals surface area contributed by atoms with Gasteiger partial charge in [0.15, 0.2) is 0 Å². The van der Waals surface area contributed by atoms with E-state index in [0.717, 1.165) is 20.8 Å². The number of hydrogen-bond donors (Lipinski definition) is 1. The van der Waals surface area contributed by atoms with E-state index in [2.05, 4.69) is 0 Å². The molecule has 218 valence electrons. The number of rotatable bonds is 10. The maximum atomic E-state index is 12.4. The van der Waals surface area contributed by atoms with Gasteiger partial charge in [0.25, 0.3) is 0 Å². The van der Waals surface area contributed by atoms with Gasteiger partial charge in [-0.05, 0) is 0 Å². The fraction of sp³-hybridized carbons (Fsp3) is 0.500. The molecule has 2 aromatic rings. The van der Waals surface area contributed by atoms with Crippen molar-refractivity contribution in [2.45, 2.75) is 71.9 Å². The van der Waals surface area contributed by atoms with Crippen molar-refractivity contribution in [2.24, 2.45) is 0 Å². The Balaban J connectivity index is 2.09. The van der Waals surface area contributed by atoms with E-state index in [-0.39, 0.29) is 19.0 Å². The van der Waals surface area contributed by atoms with Crippen molar-refractivity contribution in [1.29, 1.82) is 0 Å². The van der Waals surface area contributed by atoms with Crippen LogP contribution in [0.15, 0.2) is 18.2 Å². The number of aliphatic hydroxyl groups excluding tert-OH is 1. The molecule has 3 rings (SSSR count). The SMILES string of the molecule is CCOC(=O)c1cc2c(O[C@@H]3O[C@H](COC(C)=O)[C@H](OC(C)=O)[C@H](OC(C)=O)[C@H]3OC(C)=O)ccc(CO)c2[se]1. The second-order valence-corrected chi connectivity index (χ2v) is 10.8. The van der Waals surface area contributed by atoms with Crippen LogP contribution in [0.4, 0.5) is 0 Å². The van der Waals surface area contributed by atoms with Gasteiger partial charge in [-0.15, -0.1) is 0 Å². The normalized spacial score (nSPS) is 22.2. The van der Waals surface area contributed by atoms with Crippen molar-refractivity contribution in [3.05, 3.63) is 28.2 Å². The summed E-state index contributed by atoms with van der Waals surface area (Å²) in [7, 11) is 0. The molecule has 0 spiro atoms. The molecule has 2 heterocycles. The Morgan fingerprint density at radius 3 is 2.08 bits per heavy atom. The van der Waals surface area contributed by atoms with Gasteiger partial charge in [0.1, 0.15) is 0 Å². The number of esters is 5. The second-order valence-electron chi connectivity index (χ2n) is 8.64. The molecule has 0 saturated carbocycles. The van der Waals surface area contributed by atoms with E-state index in [1.165, 1.54) is 6.92 Å². The van der Waals surface area contributed by atoms with Crippen molar-refractivity contribution >= 4 is 54.0 Å². The minimum absolute atomic E-state index is 0.184. The van der Waals surface area contributed by atoms with E-state index < -0.39 is 81.7 Å². The molecule has 0 aliphatic carbocycles. The average molecular weight is 629 g/mol. The zero-order valence-electron chi connectivity index (χ0n) is 22.5. The van der Waals surface area contributed by atoms with Crippen LogP contribution in [0.2, 0.25) is 0 Å². The predicted molar refractivity (Wildman–Crippen MR) is 135 cm³/mol. The second kappa shape index (κ2) is 13.8. The van der Waals surface area contributed by atoms with Gasteiger partial charge in [0.05, 0.1) is 0 Å². The molecular weight excluding hydrogens is 599 g/mol. The number of carbonyl (C=O) groups is 5. The number of carbonyl (C=O) groups excluding carboxylic acids is 5. The van der Waals surface area contributed by atoms with E-state index in [1.807, 2.05) is 0 Å². The molecule has 1 saturated heterocycles. The summed E-state index contributed by atoms with van der Waals surface area (Å²) in [6.07, 6.45) is -6.78. The molecule has 0 amide bonds. The van der Waals surface area contributed by atoms with E-state index in [4.69, 9.17) is 33.2 Å². The number of aliphatic hydroxyl groups is 1. The Kier molecular flexibility index (Phi) is 10.7. The summed E-state index contributed by atoms with van der Waals surface area (Å²) < 4.78 is 39.7. The molecule has 1 N–H and O–H groups in total. The van der Waals surface area contributed by atoms with Crippen molar-refractivity contribution in [3.63, 3.8) is 0 Å². The topological polar surface area (TPSA) is 170 Å². The van der Waals surface area contributed by atoms with Crippen LogP contribution >= 0.6 is 0 Å². The summed E-state index contributed by atoms with van der Waals surface area (Å²) in [5.41, 5.74) is 0.583. The van der Waals surface area contributed by atoms with Crippen molar-refractivity contribution in [3.8, 4) is 5.75 Å². The first kappa shape index (κ1) is 31.1. The first-order valence-electron chi connectivity index (χ1n) is 12.3. The Morgan fingerprint density at radius 1 is 0.875 bits per heavy atom. The summed E-state index contributed by atoms with van der Waals surface area (Å²) in [5.74, 6) is -3.24. The minimum atomic E-state index is -1.45. The van der Waals surface area contributed by atoms with Gasteiger partial charge in [-0.25, -0.2) is 0 Å². The Bertz CT molecular complexity index is 1270. The molecule has 1 aliphatic heterocycles. The number of benzene rings is 1. The van der Waals surface area contributed by atoms with Gasteiger partial charge >= 0.3 is 235 Å². The van der Waals surface area contributed by atoms with E-state index >= 15 is 0 Å². The summed E-state index contributed by atoms with van der Waals surface area (Å²) >= 11 is -0.500. The van der Waals surface area contributed by atoms with Crippen LogP contribution in [0.5, 0.6) is 5.75 Å². The molecule has 1 fully saturated rings. The number of fused-ring (bicyclic) bond motifs is 1. The van der Waals surface area contributed by atoms with Gasteiger partial charge in [-0.1, -0.05) is 0 Å². The molecule has 1 aromatic heterocycles. The van der Waals surface area contributed by atoms with E-state index in [9.17, 15) is 29.1 Å². The van der Waals surface area contributed by atoms with Crippen LogP contribution in [0.1, 0.15) is 49.4 Å².